The molecule has 18 heavy (non-hydrogen) atoms. The first-order valence-electron chi connectivity index (χ1n) is 6.28. The Morgan fingerprint density at radius 2 is 2.17 bits per heavy atom. The highest BCUT2D eigenvalue weighted by Gasteiger charge is 2.30. The molecular formula is C14H21BrN2O. The lowest BCUT2D eigenvalue weighted by Crippen LogP contribution is -2.61. The van der Waals surface area contributed by atoms with Crippen molar-refractivity contribution < 1.29 is 4.74 Å². The molecule has 1 atom stereocenters. The van der Waals surface area contributed by atoms with Crippen molar-refractivity contribution in [3.05, 3.63) is 22.7 Å². The Bertz CT molecular complexity index is 434. The first-order valence-corrected chi connectivity index (χ1v) is 7.07. The molecule has 2 rings (SSSR count). The van der Waals surface area contributed by atoms with E-state index in [2.05, 4.69) is 65.1 Å². The van der Waals surface area contributed by atoms with E-state index in [0.717, 1.165) is 23.3 Å². The van der Waals surface area contributed by atoms with Crippen molar-refractivity contribution >= 4 is 21.6 Å². The molecule has 1 aliphatic rings. The molecule has 1 aliphatic heterocycles. The van der Waals surface area contributed by atoms with Crippen LogP contribution < -0.4 is 15.0 Å². The van der Waals surface area contributed by atoms with E-state index in [-0.39, 0.29) is 5.54 Å². The molecule has 3 nitrogen and oxygen atoms in total. The Morgan fingerprint density at radius 1 is 1.44 bits per heavy atom. The van der Waals surface area contributed by atoms with Crippen LogP contribution in [0, 0.1) is 0 Å². The van der Waals surface area contributed by atoms with Crippen LogP contribution in [0.5, 0.6) is 5.75 Å². The van der Waals surface area contributed by atoms with Crippen molar-refractivity contribution in [3.63, 3.8) is 0 Å². The molecule has 1 saturated heterocycles. The summed E-state index contributed by atoms with van der Waals surface area (Å²) < 4.78 is 6.37. The van der Waals surface area contributed by atoms with Crippen LogP contribution in [0.2, 0.25) is 0 Å². The number of hydrogen-bond acceptors (Lipinski definition) is 3. The number of hydrogen-bond donors (Lipinski definition) is 1. The van der Waals surface area contributed by atoms with Gasteiger partial charge in [0, 0.05) is 36.4 Å². The standard InChI is InChI=1S/C14H21BrN2O/c1-10-8-16-14(2,3)9-17(10)11-5-6-12(15)13(7-11)18-4/h5-7,10,16H,8-9H2,1-4H3. The van der Waals surface area contributed by atoms with Crippen LogP contribution in [-0.4, -0.2) is 31.8 Å². The fourth-order valence-corrected chi connectivity index (χ4v) is 2.75. The number of ether oxygens (including phenoxy) is 1. The molecule has 4 heteroatoms. The lowest BCUT2D eigenvalue weighted by molar-refractivity contribution is 0.318. The molecule has 100 valence electrons. The number of nitrogens with zero attached hydrogens (tertiary/aromatic N) is 1. The number of halogens is 1. The summed E-state index contributed by atoms with van der Waals surface area (Å²) in [6.07, 6.45) is 0. The van der Waals surface area contributed by atoms with Crippen molar-refractivity contribution in [2.24, 2.45) is 0 Å². The topological polar surface area (TPSA) is 24.5 Å². The van der Waals surface area contributed by atoms with E-state index in [0.29, 0.717) is 6.04 Å². The minimum absolute atomic E-state index is 0.146. The van der Waals surface area contributed by atoms with Crippen LogP contribution in [0.4, 0.5) is 5.69 Å². The van der Waals surface area contributed by atoms with Gasteiger partial charge in [0.2, 0.25) is 0 Å². The van der Waals surface area contributed by atoms with Crippen LogP contribution in [0.15, 0.2) is 22.7 Å². The van der Waals surface area contributed by atoms with Gasteiger partial charge in [-0.2, -0.15) is 0 Å². The van der Waals surface area contributed by atoms with Crippen LogP contribution in [0.1, 0.15) is 20.8 Å². The van der Waals surface area contributed by atoms with Crippen molar-refractivity contribution in [1.82, 2.24) is 5.32 Å². The monoisotopic (exact) mass is 312 g/mol. The molecule has 0 aliphatic carbocycles. The lowest BCUT2D eigenvalue weighted by Gasteiger charge is -2.44. The van der Waals surface area contributed by atoms with Gasteiger partial charge in [0.15, 0.2) is 0 Å². The number of methoxy groups -OCH3 is 1. The van der Waals surface area contributed by atoms with Crippen LogP contribution in [0.3, 0.4) is 0 Å². The molecular weight excluding hydrogens is 292 g/mol. The minimum atomic E-state index is 0.146. The number of benzene rings is 1. The van der Waals surface area contributed by atoms with Gasteiger partial charge >= 0.3 is 0 Å². The largest absolute Gasteiger partial charge is 0.495 e. The first kappa shape index (κ1) is 13.7. The van der Waals surface area contributed by atoms with Gasteiger partial charge in [0.25, 0.3) is 0 Å². The molecule has 1 unspecified atom stereocenters. The summed E-state index contributed by atoms with van der Waals surface area (Å²) in [6.45, 7) is 8.73. The average molecular weight is 313 g/mol. The second-order valence-electron chi connectivity index (χ2n) is 5.56. The molecule has 1 aromatic carbocycles. The molecule has 0 radical (unpaired) electrons. The normalized spacial score (nSPS) is 22.9. The maximum atomic E-state index is 5.37. The van der Waals surface area contributed by atoms with E-state index in [1.165, 1.54) is 5.69 Å². The Balaban J connectivity index is 2.29. The van der Waals surface area contributed by atoms with Crippen molar-refractivity contribution in [3.8, 4) is 5.75 Å². The zero-order valence-electron chi connectivity index (χ0n) is 11.5. The van der Waals surface area contributed by atoms with Gasteiger partial charge in [-0.15, -0.1) is 0 Å². The van der Waals surface area contributed by atoms with Crippen molar-refractivity contribution in [2.45, 2.75) is 32.4 Å². The lowest BCUT2D eigenvalue weighted by atomic mass is 9.98. The average Bonchev–Trinajstić information content (AvgIpc) is 2.33. The number of rotatable bonds is 2. The van der Waals surface area contributed by atoms with E-state index in [4.69, 9.17) is 4.74 Å². The summed E-state index contributed by atoms with van der Waals surface area (Å²) in [5.41, 5.74) is 1.37. The van der Waals surface area contributed by atoms with Gasteiger partial charge in [-0.3, -0.25) is 0 Å². The Kier molecular flexibility index (Phi) is 3.87. The van der Waals surface area contributed by atoms with Crippen molar-refractivity contribution in [2.75, 3.05) is 25.1 Å². The van der Waals surface area contributed by atoms with Crippen molar-refractivity contribution in [1.29, 1.82) is 0 Å². The van der Waals surface area contributed by atoms with E-state index in [1.54, 1.807) is 7.11 Å². The summed E-state index contributed by atoms with van der Waals surface area (Å²) in [7, 11) is 1.70. The summed E-state index contributed by atoms with van der Waals surface area (Å²) >= 11 is 3.50. The van der Waals surface area contributed by atoms with Gasteiger partial charge in [-0.1, -0.05) is 0 Å². The zero-order chi connectivity index (χ0) is 13.3. The molecule has 1 fully saturated rings. The molecule has 1 aromatic rings. The van der Waals surface area contributed by atoms with Gasteiger partial charge in [-0.25, -0.2) is 0 Å². The fourth-order valence-electron chi connectivity index (χ4n) is 2.34. The Labute approximate surface area is 118 Å². The highest BCUT2D eigenvalue weighted by Crippen LogP contribution is 2.32. The highest BCUT2D eigenvalue weighted by molar-refractivity contribution is 9.10. The zero-order valence-corrected chi connectivity index (χ0v) is 13.0. The van der Waals surface area contributed by atoms with E-state index in [9.17, 15) is 0 Å². The van der Waals surface area contributed by atoms with E-state index < -0.39 is 0 Å². The quantitative estimate of drug-likeness (QED) is 0.908. The van der Waals surface area contributed by atoms with Gasteiger partial charge in [0.05, 0.1) is 11.6 Å². The second kappa shape index (κ2) is 5.10. The Morgan fingerprint density at radius 3 is 2.83 bits per heavy atom. The maximum absolute atomic E-state index is 5.37. The highest BCUT2D eigenvalue weighted by atomic mass is 79.9. The smallest absolute Gasteiger partial charge is 0.135 e. The third-order valence-corrected chi connectivity index (χ3v) is 4.10. The summed E-state index contributed by atoms with van der Waals surface area (Å²) in [5.74, 6) is 0.885. The van der Waals surface area contributed by atoms with E-state index in [1.807, 2.05) is 0 Å². The third kappa shape index (κ3) is 2.81. The van der Waals surface area contributed by atoms with Crippen LogP contribution >= 0.6 is 15.9 Å². The molecule has 0 spiro atoms. The predicted octanol–water partition coefficient (Wildman–Crippen LogP) is 3.03. The number of nitrogens with one attached hydrogen (secondary N) is 1. The molecule has 0 saturated carbocycles. The molecule has 0 aromatic heterocycles. The van der Waals surface area contributed by atoms with Gasteiger partial charge < -0.3 is 15.0 Å². The number of anilines is 1. The van der Waals surface area contributed by atoms with Crippen LogP contribution in [0.25, 0.3) is 0 Å². The second-order valence-corrected chi connectivity index (χ2v) is 6.41. The fraction of sp³-hybridized carbons (Fsp3) is 0.571. The van der Waals surface area contributed by atoms with Crippen LogP contribution in [-0.2, 0) is 0 Å². The molecule has 0 amide bonds. The van der Waals surface area contributed by atoms with E-state index >= 15 is 0 Å². The molecule has 1 N–H and O–H groups in total. The first-order chi connectivity index (χ1) is 8.43. The SMILES string of the molecule is COc1cc(N2CC(C)(C)NCC2C)ccc1Br. The minimum Gasteiger partial charge on any atom is -0.495 e. The third-order valence-electron chi connectivity index (χ3n) is 3.44. The molecule has 1 heterocycles. The number of piperazine rings is 1. The Hall–Kier alpha value is -0.740. The summed E-state index contributed by atoms with van der Waals surface area (Å²) in [6, 6.07) is 6.78. The van der Waals surface area contributed by atoms with Gasteiger partial charge in [0.1, 0.15) is 5.75 Å². The summed E-state index contributed by atoms with van der Waals surface area (Å²) in [5, 5.41) is 3.57. The molecule has 0 bridgehead atoms. The maximum Gasteiger partial charge on any atom is 0.135 e. The predicted molar refractivity (Wildman–Crippen MR) is 79.6 cm³/mol. The van der Waals surface area contributed by atoms with Gasteiger partial charge in [-0.05, 0) is 48.8 Å². The summed E-state index contributed by atoms with van der Waals surface area (Å²) in [4.78, 5) is 2.44.